The number of carboxylic acids is 2. The van der Waals surface area contributed by atoms with Crippen LogP contribution in [0, 0.1) is 0 Å². The third-order valence-corrected chi connectivity index (χ3v) is 11.5. The summed E-state index contributed by atoms with van der Waals surface area (Å²) in [5.74, 6) is -2.55. The van der Waals surface area contributed by atoms with Crippen LogP contribution < -0.4 is 5.11 Å². The number of carbonyl (C=O) groups is 2. The molecule has 2 aromatic rings. The van der Waals surface area contributed by atoms with Gasteiger partial charge >= 0.3 is 5.97 Å². The lowest BCUT2D eigenvalue weighted by Crippen LogP contribution is -2.50. The fourth-order valence-electron chi connectivity index (χ4n) is 6.56. The monoisotopic (exact) mass is 715 g/mol. The second kappa shape index (κ2) is 27.0. The molecule has 0 aliphatic heterocycles. The first-order valence-electron chi connectivity index (χ1n) is 19.8. The first kappa shape index (κ1) is 45.3. The topological polar surface area (TPSA) is 112 Å². The van der Waals surface area contributed by atoms with Gasteiger partial charge in [0, 0.05) is 0 Å². The van der Waals surface area contributed by atoms with E-state index in [2.05, 4.69) is 27.7 Å². The Morgan fingerprint density at radius 1 is 0.500 bits per heavy atom. The van der Waals surface area contributed by atoms with E-state index < -0.39 is 21.8 Å². The molecule has 8 heteroatoms. The zero-order chi connectivity index (χ0) is 37.1. The molecule has 0 aliphatic carbocycles. The SMILES string of the molecule is CCCCCCC[N+](CCCCCCC)(CCCCCCC)CCCCCCC.O=C([O-])c1ccc(S(=O)(=O)c2ccc(C(=O)O)cc2)cc1. The molecule has 0 fully saturated rings. The van der Waals surface area contributed by atoms with E-state index in [1.807, 2.05) is 0 Å². The van der Waals surface area contributed by atoms with Crippen LogP contribution in [0.25, 0.3) is 0 Å². The maximum Gasteiger partial charge on any atom is 0.335 e. The average Bonchev–Trinajstić information content (AvgIpc) is 3.11. The number of benzene rings is 2. The van der Waals surface area contributed by atoms with Crippen molar-refractivity contribution in [1.82, 2.24) is 0 Å². The third-order valence-electron chi connectivity index (χ3n) is 9.76. The summed E-state index contributed by atoms with van der Waals surface area (Å²) in [6.07, 6.45) is 28.8. The number of carbonyl (C=O) groups excluding carboxylic acids is 1. The minimum Gasteiger partial charge on any atom is -0.545 e. The Bertz CT molecular complexity index is 1150. The molecule has 0 bridgehead atoms. The predicted octanol–water partition coefficient (Wildman–Crippen LogP) is 10.3. The largest absolute Gasteiger partial charge is 0.545 e. The van der Waals surface area contributed by atoms with Gasteiger partial charge in [-0.05, 0) is 93.3 Å². The van der Waals surface area contributed by atoms with Gasteiger partial charge in [-0.1, -0.05) is 117 Å². The van der Waals surface area contributed by atoms with E-state index in [1.54, 1.807) is 0 Å². The van der Waals surface area contributed by atoms with Crippen molar-refractivity contribution in [2.45, 2.75) is 166 Å². The van der Waals surface area contributed by atoms with E-state index in [0.717, 1.165) is 24.3 Å². The summed E-state index contributed by atoms with van der Waals surface area (Å²) >= 11 is 0. The van der Waals surface area contributed by atoms with Gasteiger partial charge in [0.15, 0.2) is 0 Å². The summed E-state index contributed by atoms with van der Waals surface area (Å²) in [6.45, 7) is 15.2. The highest BCUT2D eigenvalue weighted by Gasteiger charge is 2.25. The lowest BCUT2D eigenvalue weighted by Gasteiger charge is -2.39. The van der Waals surface area contributed by atoms with Gasteiger partial charge in [0.2, 0.25) is 9.84 Å². The third kappa shape index (κ3) is 18.5. The fourth-order valence-corrected chi connectivity index (χ4v) is 7.82. The normalized spacial score (nSPS) is 11.6. The summed E-state index contributed by atoms with van der Waals surface area (Å²) in [4.78, 5) is 21.2. The Kier molecular flexibility index (Phi) is 24.5. The van der Waals surface area contributed by atoms with E-state index in [4.69, 9.17) is 5.11 Å². The van der Waals surface area contributed by atoms with Crippen molar-refractivity contribution in [3.8, 4) is 0 Å². The van der Waals surface area contributed by atoms with Gasteiger partial charge in [0.25, 0.3) is 0 Å². The van der Waals surface area contributed by atoms with Crippen LogP contribution in [-0.4, -0.2) is 56.1 Å². The lowest BCUT2D eigenvalue weighted by atomic mass is 10.1. The average molecular weight is 716 g/mol. The maximum atomic E-state index is 12.3. The second-order valence-electron chi connectivity index (χ2n) is 14.0. The van der Waals surface area contributed by atoms with Crippen molar-refractivity contribution in [2.75, 3.05) is 26.2 Å². The Balaban J connectivity index is 0.000000523. The summed E-state index contributed by atoms with van der Waals surface area (Å²) < 4.78 is 26.0. The van der Waals surface area contributed by atoms with Crippen molar-refractivity contribution in [2.24, 2.45) is 0 Å². The Morgan fingerprint density at radius 3 is 1.04 bits per heavy atom. The molecule has 0 aliphatic rings. The number of hydrogen-bond acceptors (Lipinski definition) is 5. The van der Waals surface area contributed by atoms with Gasteiger partial charge in [-0.2, -0.15) is 0 Å². The van der Waals surface area contributed by atoms with Crippen LogP contribution in [0.1, 0.15) is 177 Å². The van der Waals surface area contributed by atoms with E-state index in [-0.39, 0.29) is 20.9 Å². The second-order valence-corrected chi connectivity index (χ2v) is 16.0. The molecule has 284 valence electrons. The van der Waals surface area contributed by atoms with Crippen LogP contribution in [0.3, 0.4) is 0 Å². The number of quaternary nitrogens is 1. The van der Waals surface area contributed by atoms with Crippen LogP contribution in [0.5, 0.6) is 0 Å². The molecule has 0 aromatic heterocycles. The first-order valence-corrected chi connectivity index (χ1v) is 21.3. The molecule has 0 saturated heterocycles. The highest BCUT2D eigenvalue weighted by molar-refractivity contribution is 7.91. The Hall–Kier alpha value is -2.71. The number of nitrogens with zero attached hydrogens (tertiary/aromatic N) is 1. The Morgan fingerprint density at radius 2 is 0.780 bits per heavy atom. The summed E-state index contributed by atoms with van der Waals surface area (Å²) in [7, 11) is -3.83. The quantitative estimate of drug-likeness (QED) is 0.0693. The smallest absolute Gasteiger partial charge is 0.335 e. The minimum atomic E-state index is -3.83. The minimum absolute atomic E-state index is 0.0266. The molecule has 2 rings (SSSR count). The number of rotatable bonds is 28. The zero-order valence-corrected chi connectivity index (χ0v) is 32.7. The molecular formula is C42H69NO6S. The standard InChI is InChI=1S/C28H60N.C14H10O6S/c1-5-9-13-17-21-25-29(26-22-18-14-10-6-2,27-23-19-15-11-7-3)28-24-20-16-12-8-4;15-13(16)9-1-5-11(6-2-9)21(19,20)12-7-3-10(4-8-12)14(17)18/h5-28H2,1-4H3;1-8H,(H,15,16)(H,17,18)/q+1;/p-1. The van der Waals surface area contributed by atoms with Crippen LogP contribution in [0.2, 0.25) is 0 Å². The molecule has 50 heavy (non-hydrogen) atoms. The number of aromatic carboxylic acids is 2. The highest BCUT2D eigenvalue weighted by Crippen LogP contribution is 2.22. The van der Waals surface area contributed by atoms with Crippen LogP contribution in [0.15, 0.2) is 58.3 Å². The number of sulfone groups is 1. The summed E-state index contributed by atoms with van der Waals surface area (Å²) in [5, 5.41) is 19.4. The zero-order valence-electron chi connectivity index (χ0n) is 31.9. The van der Waals surface area contributed by atoms with Gasteiger partial charge in [-0.3, -0.25) is 0 Å². The van der Waals surface area contributed by atoms with E-state index in [0.29, 0.717) is 0 Å². The maximum absolute atomic E-state index is 12.3. The molecule has 2 aromatic carbocycles. The van der Waals surface area contributed by atoms with Crippen molar-refractivity contribution in [3.05, 3.63) is 59.7 Å². The van der Waals surface area contributed by atoms with Crippen LogP contribution in [-0.2, 0) is 9.84 Å². The van der Waals surface area contributed by atoms with Gasteiger partial charge in [0.1, 0.15) is 0 Å². The summed E-state index contributed by atoms with van der Waals surface area (Å²) in [5.41, 5.74) is -0.156. The molecule has 0 heterocycles. The number of unbranched alkanes of at least 4 members (excludes halogenated alkanes) is 16. The fraction of sp³-hybridized carbons (Fsp3) is 0.667. The van der Waals surface area contributed by atoms with Crippen molar-refractivity contribution in [1.29, 1.82) is 0 Å². The molecule has 1 N–H and O–H groups in total. The molecule has 0 amide bonds. The number of carboxylic acid groups (broad SMARTS) is 2. The van der Waals surface area contributed by atoms with Crippen LogP contribution >= 0.6 is 0 Å². The van der Waals surface area contributed by atoms with Crippen molar-refractivity contribution >= 4 is 21.8 Å². The van der Waals surface area contributed by atoms with Gasteiger partial charge < -0.3 is 19.5 Å². The van der Waals surface area contributed by atoms with Crippen molar-refractivity contribution < 1.29 is 32.7 Å². The molecule has 0 atom stereocenters. The van der Waals surface area contributed by atoms with Crippen molar-refractivity contribution in [3.63, 3.8) is 0 Å². The van der Waals surface area contributed by atoms with E-state index in [9.17, 15) is 23.1 Å². The van der Waals surface area contributed by atoms with Gasteiger partial charge in [-0.15, -0.1) is 0 Å². The van der Waals surface area contributed by atoms with E-state index in [1.165, 1.54) is 183 Å². The molecule has 0 saturated carbocycles. The summed E-state index contributed by atoms with van der Waals surface area (Å²) in [6, 6.07) is 9.32. The predicted molar refractivity (Wildman–Crippen MR) is 204 cm³/mol. The molecular weight excluding hydrogens is 647 g/mol. The first-order chi connectivity index (χ1) is 24.1. The van der Waals surface area contributed by atoms with Gasteiger partial charge in [-0.25, -0.2) is 13.2 Å². The molecule has 0 spiro atoms. The number of hydrogen-bond donors (Lipinski definition) is 1. The molecule has 7 nitrogen and oxygen atoms in total. The van der Waals surface area contributed by atoms with Gasteiger partial charge in [0.05, 0.1) is 47.5 Å². The van der Waals surface area contributed by atoms with Crippen LogP contribution in [0.4, 0.5) is 0 Å². The highest BCUT2D eigenvalue weighted by atomic mass is 32.2. The molecule has 0 radical (unpaired) electrons. The Labute approximate surface area is 305 Å². The van der Waals surface area contributed by atoms with E-state index >= 15 is 0 Å². The molecule has 0 unspecified atom stereocenters. The lowest BCUT2D eigenvalue weighted by molar-refractivity contribution is -0.929.